The lowest BCUT2D eigenvalue weighted by Gasteiger charge is -2.23. The summed E-state index contributed by atoms with van der Waals surface area (Å²) in [6.45, 7) is 2.19. The van der Waals surface area contributed by atoms with Crippen molar-refractivity contribution < 1.29 is 0 Å². The van der Waals surface area contributed by atoms with Crippen molar-refractivity contribution >= 4 is 11.6 Å². The topological polar surface area (TPSA) is 43.8 Å². The van der Waals surface area contributed by atoms with E-state index in [1.807, 2.05) is 54.9 Å². The van der Waals surface area contributed by atoms with Crippen LogP contribution in [0.25, 0.3) is 11.4 Å². The molecule has 0 aliphatic rings. The van der Waals surface area contributed by atoms with Crippen LogP contribution in [0, 0.1) is 0 Å². The molecule has 3 nitrogen and oxygen atoms in total. The van der Waals surface area contributed by atoms with Gasteiger partial charge < -0.3 is 10.3 Å². The third-order valence-electron chi connectivity index (χ3n) is 4.39. The van der Waals surface area contributed by atoms with Gasteiger partial charge in [0, 0.05) is 35.1 Å². The molecule has 2 unspecified atom stereocenters. The number of hydrogen-bond donors (Lipinski definition) is 1. The zero-order valence-corrected chi connectivity index (χ0v) is 14.5. The van der Waals surface area contributed by atoms with Crippen LogP contribution < -0.4 is 5.73 Å². The van der Waals surface area contributed by atoms with Gasteiger partial charge in [-0.2, -0.15) is 0 Å². The predicted octanol–water partition coefficient (Wildman–Crippen LogP) is 5.24. The van der Waals surface area contributed by atoms with Gasteiger partial charge in [-0.15, -0.1) is 0 Å². The van der Waals surface area contributed by atoms with Gasteiger partial charge in [0.25, 0.3) is 0 Å². The molecule has 0 radical (unpaired) electrons. The number of aromatic nitrogens is 2. The van der Waals surface area contributed by atoms with Crippen LogP contribution in [0.1, 0.15) is 37.4 Å². The van der Waals surface area contributed by atoms with Crippen LogP contribution in [-0.2, 0) is 0 Å². The molecule has 0 saturated heterocycles. The summed E-state index contributed by atoms with van der Waals surface area (Å²) in [7, 11) is 0. The summed E-state index contributed by atoms with van der Waals surface area (Å²) in [4.78, 5) is 4.55. The molecule has 0 aliphatic carbocycles. The molecule has 1 aromatic heterocycles. The average Bonchev–Trinajstić information content (AvgIpc) is 3.10. The van der Waals surface area contributed by atoms with Crippen molar-refractivity contribution in [3.05, 3.63) is 77.6 Å². The molecular weight excluding hydrogens is 318 g/mol. The van der Waals surface area contributed by atoms with Crippen LogP contribution >= 0.6 is 11.6 Å². The smallest absolute Gasteiger partial charge is 0.140 e. The zero-order chi connectivity index (χ0) is 16.9. The van der Waals surface area contributed by atoms with Crippen LogP contribution in [0.5, 0.6) is 0 Å². The first-order valence-electron chi connectivity index (χ1n) is 8.28. The van der Waals surface area contributed by atoms with E-state index in [0.717, 1.165) is 34.8 Å². The highest BCUT2D eigenvalue weighted by atomic mass is 35.5. The Labute approximate surface area is 148 Å². The van der Waals surface area contributed by atoms with Gasteiger partial charge in [-0.25, -0.2) is 4.98 Å². The van der Waals surface area contributed by atoms with Crippen molar-refractivity contribution in [1.82, 2.24) is 9.55 Å². The Bertz CT molecular complexity index is 765. The third-order valence-corrected chi connectivity index (χ3v) is 4.64. The van der Waals surface area contributed by atoms with Crippen molar-refractivity contribution in [1.29, 1.82) is 0 Å². The first kappa shape index (κ1) is 16.7. The van der Waals surface area contributed by atoms with E-state index in [1.165, 1.54) is 0 Å². The summed E-state index contributed by atoms with van der Waals surface area (Å²) in [6, 6.07) is 18.3. The van der Waals surface area contributed by atoms with Gasteiger partial charge in [-0.05, 0) is 30.5 Å². The van der Waals surface area contributed by atoms with Gasteiger partial charge in [-0.1, -0.05) is 61.0 Å². The van der Waals surface area contributed by atoms with E-state index in [4.69, 9.17) is 17.3 Å². The van der Waals surface area contributed by atoms with Gasteiger partial charge in [0.05, 0.1) is 0 Å². The van der Waals surface area contributed by atoms with Gasteiger partial charge >= 0.3 is 0 Å². The number of halogens is 1. The summed E-state index contributed by atoms with van der Waals surface area (Å²) in [6.07, 6.45) is 5.76. The lowest BCUT2D eigenvalue weighted by atomic mass is 9.98. The lowest BCUT2D eigenvalue weighted by Crippen LogP contribution is -2.18. The minimum Gasteiger partial charge on any atom is -0.328 e. The number of imidazole rings is 1. The molecule has 4 heteroatoms. The molecule has 2 atom stereocenters. The fraction of sp³-hybridized carbons (Fsp3) is 0.250. The minimum absolute atomic E-state index is 0.0294. The van der Waals surface area contributed by atoms with Crippen LogP contribution in [-0.4, -0.2) is 9.55 Å². The van der Waals surface area contributed by atoms with E-state index in [9.17, 15) is 0 Å². The Morgan fingerprint density at radius 2 is 1.79 bits per heavy atom. The molecule has 24 heavy (non-hydrogen) atoms. The van der Waals surface area contributed by atoms with Crippen molar-refractivity contribution in [2.45, 2.75) is 31.8 Å². The highest BCUT2D eigenvalue weighted by molar-refractivity contribution is 6.30. The molecule has 0 bridgehead atoms. The maximum Gasteiger partial charge on any atom is 0.140 e. The summed E-state index contributed by atoms with van der Waals surface area (Å²) in [5.41, 5.74) is 8.68. The maximum atomic E-state index is 6.44. The highest BCUT2D eigenvalue weighted by Crippen LogP contribution is 2.29. The molecule has 3 aromatic rings. The Morgan fingerprint density at radius 3 is 2.46 bits per heavy atom. The number of nitrogens with zero attached hydrogens (tertiary/aromatic N) is 2. The molecule has 0 aliphatic heterocycles. The van der Waals surface area contributed by atoms with Gasteiger partial charge in [0.2, 0.25) is 0 Å². The molecule has 2 N–H and O–H groups in total. The van der Waals surface area contributed by atoms with E-state index >= 15 is 0 Å². The second-order valence-corrected chi connectivity index (χ2v) is 6.42. The summed E-state index contributed by atoms with van der Waals surface area (Å²) in [5.74, 6) is 0.991. The largest absolute Gasteiger partial charge is 0.328 e. The van der Waals surface area contributed by atoms with Crippen LogP contribution in [0.4, 0.5) is 0 Å². The second-order valence-electron chi connectivity index (χ2n) is 5.98. The van der Waals surface area contributed by atoms with Crippen molar-refractivity contribution in [3.8, 4) is 11.4 Å². The van der Waals surface area contributed by atoms with E-state index < -0.39 is 0 Å². The normalized spacial score (nSPS) is 13.6. The molecule has 1 heterocycles. The number of hydrogen-bond acceptors (Lipinski definition) is 2. The van der Waals surface area contributed by atoms with Gasteiger partial charge in [-0.3, -0.25) is 0 Å². The Morgan fingerprint density at radius 1 is 1.08 bits per heavy atom. The first-order chi connectivity index (χ1) is 11.7. The Kier molecular flexibility index (Phi) is 5.34. The molecule has 0 saturated carbocycles. The molecule has 2 aromatic carbocycles. The van der Waals surface area contributed by atoms with Gasteiger partial charge in [0.15, 0.2) is 0 Å². The summed E-state index contributed by atoms with van der Waals surface area (Å²) in [5, 5.41) is 0.735. The lowest BCUT2D eigenvalue weighted by molar-refractivity contribution is 0.417. The van der Waals surface area contributed by atoms with E-state index in [0.29, 0.717) is 6.04 Å². The van der Waals surface area contributed by atoms with Crippen molar-refractivity contribution in [3.63, 3.8) is 0 Å². The quantitative estimate of drug-likeness (QED) is 0.667. The standard InChI is InChI=1S/C20H22ClN3/c1-2-18(14-19(22)15-8-10-17(21)11-9-15)24-13-12-23-20(24)16-6-4-3-5-7-16/h3-13,18-19H,2,14,22H2,1H3. The summed E-state index contributed by atoms with van der Waals surface area (Å²) < 4.78 is 2.24. The van der Waals surface area contributed by atoms with E-state index in [2.05, 4.69) is 28.6 Å². The zero-order valence-electron chi connectivity index (χ0n) is 13.8. The van der Waals surface area contributed by atoms with Crippen LogP contribution in [0.3, 0.4) is 0 Å². The molecule has 0 amide bonds. The first-order valence-corrected chi connectivity index (χ1v) is 8.66. The third kappa shape index (κ3) is 3.69. The molecular formula is C20H22ClN3. The number of nitrogens with two attached hydrogens (primary N) is 1. The van der Waals surface area contributed by atoms with Gasteiger partial charge in [0.1, 0.15) is 5.82 Å². The van der Waals surface area contributed by atoms with Crippen molar-refractivity contribution in [2.24, 2.45) is 5.73 Å². The Balaban J connectivity index is 1.82. The highest BCUT2D eigenvalue weighted by Gasteiger charge is 2.18. The molecule has 0 spiro atoms. The Hall–Kier alpha value is -2.10. The average molecular weight is 340 g/mol. The molecule has 0 fully saturated rings. The monoisotopic (exact) mass is 339 g/mol. The maximum absolute atomic E-state index is 6.44. The molecule has 124 valence electrons. The fourth-order valence-electron chi connectivity index (χ4n) is 3.03. The van der Waals surface area contributed by atoms with Crippen LogP contribution in [0.2, 0.25) is 5.02 Å². The number of rotatable bonds is 6. The second kappa shape index (κ2) is 7.65. The molecule has 3 rings (SSSR count). The minimum atomic E-state index is -0.0294. The fourth-order valence-corrected chi connectivity index (χ4v) is 3.16. The van der Waals surface area contributed by atoms with E-state index in [1.54, 1.807) is 0 Å². The SMILES string of the molecule is CCC(CC(N)c1ccc(Cl)cc1)n1ccnc1-c1ccccc1. The van der Waals surface area contributed by atoms with Crippen molar-refractivity contribution in [2.75, 3.05) is 0 Å². The predicted molar refractivity (Wildman–Crippen MR) is 100.0 cm³/mol. The summed E-state index contributed by atoms with van der Waals surface area (Å²) >= 11 is 5.97. The number of benzene rings is 2. The van der Waals surface area contributed by atoms with E-state index in [-0.39, 0.29) is 6.04 Å². The van der Waals surface area contributed by atoms with Crippen LogP contribution in [0.15, 0.2) is 67.0 Å².